The van der Waals surface area contributed by atoms with Gasteiger partial charge in [-0.25, -0.2) is 4.79 Å². The van der Waals surface area contributed by atoms with Crippen LogP contribution in [0.2, 0.25) is 0 Å². The Hall–Kier alpha value is -4.63. The normalized spacial score (nSPS) is 14.8. The molecule has 2 aromatic heterocycles. The van der Waals surface area contributed by atoms with Crippen molar-refractivity contribution in [3.05, 3.63) is 113 Å². The van der Waals surface area contributed by atoms with Crippen LogP contribution in [0.5, 0.6) is 0 Å². The second-order valence-corrected chi connectivity index (χ2v) is 10.1. The van der Waals surface area contributed by atoms with Gasteiger partial charge >= 0.3 is 6.09 Å². The Morgan fingerprint density at radius 1 is 0.875 bits per heavy atom. The SMILES string of the molecule is Cc1cccc(C)c1-n1nnnc1C(c1ccnc2ccccc12)N1CCN(C(=O)OCc2ccccc2)CC1. The van der Waals surface area contributed by atoms with E-state index in [-0.39, 0.29) is 18.7 Å². The number of aryl methyl sites for hydroxylation is 2. The third kappa shape index (κ3) is 5.03. The first-order chi connectivity index (χ1) is 19.6. The lowest BCUT2D eigenvalue weighted by molar-refractivity contribution is 0.0634. The molecule has 1 saturated heterocycles. The highest BCUT2D eigenvalue weighted by molar-refractivity contribution is 5.82. The second kappa shape index (κ2) is 11.2. The molecule has 0 aliphatic carbocycles. The van der Waals surface area contributed by atoms with Crippen molar-refractivity contribution in [2.75, 3.05) is 26.2 Å². The highest BCUT2D eigenvalue weighted by Gasteiger charge is 2.34. The molecule has 40 heavy (non-hydrogen) atoms. The van der Waals surface area contributed by atoms with E-state index in [9.17, 15) is 4.79 Å². The van der Waals surface area contributed by atoms with Crippen LogP contribution >= 0.6 is 0 Å². The van der Waals surface area contributed by atoms with Crippen LogP contribution in [0, 0.1) is 13.8 Å². The standard InChI is InChI=1S/C31H31N7O2/c1-22-9-8-10-23(2)28(22)38-30(33-34-35-38)29(26-15-16-32-27-14-7-6-13-25(26)27)36-17-19-37(20-18-36)31(39)40-21-24-11-4-3-5-12-24/h3-16,29H,17-21H2,1-2H3. The molecular weight excluding hydrogens is 502 g/mol. The Morgan fingerprint density at radius 3 is 2.38 bits per heavy atom. The first kappa shape index (κ1) is 25.6. The van der Waals surface area contributed by atoms with Gasteiger partial charge in [0.05, 0.1) is 17.2 Å². The minimum atomic E-state index is -0.296. The summed E-state index contributed by atoms with van der Waals surface area (Å²) in [5, 5.41) is 14.2. The van der Waals surface area contributed by atoms with E-state index in [4.69, 9.17) is 4.74 Å². The number of benzene rings is 3. The number of rotatable bonds is 6. The molecule has 0 radical (unpaired) electrons. The molecular formula is C31H31N7O2. The van der Waals surface area contributed by atoms with Crippen molar-refractivity contribution < 1.29 is 9.53 Å². The molecule has 0 N–H and O–H groups in total. The number of carbonyl (C=O) groups excluding carboxylic acids is 1. The van der Waals surface area contributed by atoms with Crippen LogP contribution in [0.1, 0.15) is 34.1 Å². The fourth-order valence-corrected chi connectivity index (χ4v) is 5.49. The first-order valence-corrected chi connectivity index (χ1v) is 13.5. The van der Waals surface area contributed by atoms with Gasteiger partial charge in [0.15, 0.2) is 5.82 Å². The van der Waals surface area contributed by atoms with E-state index in [2.05, 4.69) is 63.5 Å². The smallest absolute Gasteiger partial charge is 0.410 e. The molecule has 1 aliphatic heterocycles. The van der Waals surface area contributed by atoms with Crippen LogP contribution in [-0.2, 0) is 11.3 Å². The summed E-state index contributed by atoms with van der Waals surface area (Å²) in [4.78, 5) is 21.6. The summed E-state index contributed by atoms with van der Waals surface area (Å²) in [5.74, 6) is 0.730. The number of para-hydroxylation sites is 2. The van der Waals surface area contributed by atoms with Gasteiger partial charge < -0.3 is 9.64 Å². The van der Waals surface area contributed by atoms with Crippen LogP contribution in [0.3, 0.4) is 0 Å². The minimum absolute atomic E-state index is 0.246. The maximum atomic E-state index is 12.9. The molecule has 0 saturated carbocycles. The zero-order valence-electron chi connectivity index (χ0n) is 22.6. The van der Waals surface area contributed by atoms with Crippen molar-refractivity contribution in [1.29, 1.82) is 0 Å². The van der Waals surface area contributed by atoms with Crippen molar-refractivity contribution in [2.45, 2.75) is 26.5 Å². The average Bonchev–Trinajstić information content (AvgIpc) is 3.46. The number of amides is 1. The molecule has 3 aromatic carbocycles. The van der Waals surface area contributed by atoms with Gasteiger partial charge in [-0.05, 0) is 58.7 Å². The largest absolute Gasteiger partial charge is 0.445 e. The lowest BCUT2D eigenvalue weighted by atomic mass is 9.98. The van der Waals surface area contributed by atoms with Gasteiger partial charge in [-0.2, -0.15) is 4.68 Å². The number of aromatic nitrogens is 5. The lowest BCUT2D eigenvalue weighted by Gasteiger charge is -2.38. The molecule has 1 atom stereocenters. The molecule has 202 valence electrons. The van der Waals surface area contributed by atoms with E-state index in [1.54, 1.807) is 4.90 Å². The van der Waals surface area contributed by atoms with E-state index >= 15 is 0 Å². The van der Waals surface area contributed by atoms with Crippen molar-refractivity contribution in [2.24, 2.45) is 0 Å². The summed E-state index contributed by atoms with van der Waals surface area (Å²) < 4.78 is 7.47. The van der Waals surface area contributed by atoms with Gasteiger partial charge in [0.1, 0.15) is 6.61 Å². The van der Waals surface area contributed by atoms with Gasteiger partial charge in [0.25, 0.3) is 0 Å². The Morgan fingerprint density at radius 2 is 1.60 bits per heavy atom. The van der Waals surface area contributed by atoms with E-state index < -0.39 is 0 Å². The molecule has 6 rings (SSSR count). The Kier molecular flexibility index (Phi) is 7.20. The summed E-state index contributed by atoms with van der Waals surface area (Å²) in [5.41, 5.74) is 6.13. The summed E-state index contributed by atoms with van der Waals surface area (Å²) in [6.07, 6.45) is 1.55. The number of piperazine rings is 1. The lowest BCUT2D eigenvalue weighted by Crippen LogP contribution is -2.50. The number of hydrogen-bond donors (Lipinski definition) is 0. The number of nitrogens with zero attached hydrogens (tertiary/aromatic N) is 7. The monoisotopic (exact) mass is 533 g/mol. The molecule has 1 fully saturated rings. The Labute approximate surface area is 233 Å². The summed E-state index contributed by atoms with van der Waals surface area (Å²) in [6, 6.07) is 25.9. The van der Waals surface area contributed by atoms with Crippen LogP contribution < -0.4 is 0 Å². The molecule has 1 amide bonds. The van der Waals surface area contributed by atoms with Gasteiger partial charge in [-0.15, -0.1) is 5.10 Å². The average molecular weight is 534 g/mol. The van der Waals surface area contributed by atoms with Crippen LogP contribution in [0.25, 0.3) is 16.6 Å². The molecule has 5 aromatic rings. The number of fused-ring (bicyclic) bond motifs is 1. The number of ether oxygens (including phenoxy) is 1. The van der Waals surface area contributed by atoms with Crippen molar-refractivity contribution >= 4 is 17.0 Å². The van der Waals surface area contributed by atoms with E-state index in [0.717, 1.165) is 44.7 Å². The van der Waals surface area contributed by atoms with Crippen LogP contribution in [0.15, 0.2) is 85.1 Å². The molecule has 1 unspecified atom stereocenters. The zero-order valence-corrected chi connectivity index (χ0v) is 22.6. The van der Waals surface area contributed by atoms with E-state index in [0.29, 0.717) is 26.2 Å². The number of carbonyl (C=O) groups is 1. The Bertz CT molecular complexity index is 1600. The summed E-state index contributed by atoms with van der Waals surface area (Å²) >= 11 is 0. The molecule has 0 bridgehead atoms. The van der Waals surface area contributed by atoms with Crippen molar-refractivity contribution in [3.8, 4) is 5.69 Å². The predicted octanol–water partition coefficient (Wildman–Crippen LogP) is 4.87. The topological polar surface area (TPSA) is 89.3 Å². The predicted molar refractivity (Wildman–Crippen MR) is 152 cm³/mol. The van der Waals surface area contributed by atoms with Gasteiger partial charge in [0, 0.05) is 37.8 Å². The first-order valence-electron chi connectivity index (χ1n) is 13.5. The quantitative estimate of drug-likeness (QED) is 0.308. The van der Waals surface area contributed by atoms with Crippen LogP contribution in [0.4, 0.5) is 4.79 Å². The van der Waals surface area contributed by atoms with E-state index in [1.807, 2.05) is 65.5 Å². The minimum Gasteiger partial charge on any atom is -0.445 e. The second-order valence-electron chi connectivity index (χ2n) is 10.1. The molecule has 9 heteroatoms. The fraction of sp³-hybridized carbons (Fsp3) is 0.258. The van der Waals surface area contributed by atoms with Crippen LogP contribution in [-0.4, -0.2) is 67.3 Å². The van der Waals surface area contributed by atoms with E-state index in [1.165, 1.54) is 0 Å². The maximum Gasteiger partial charge on any atom is 0.410 e. The Balaban J connectivity index is 1.32. The maximum absolute atomic E-state index is 12.9. The molecule has 9 nitrogen and oxygen atoms in total. The summed E-state index contributed by atoms with van der Waals surface area (Å²) in [6.45, 7) is 6.77. The third-order valence-electron chi connectivity index (χ3n) is 7.51. The third-order valence-corrected chi connectivity index (χ3v) is 7.51. The summed E-state index contributed by atoms with van der Waals surface area (Å²) in [7, 11) is 0. The number of tetrazole rings is 1. The van der Waals surface area contributed by atoms with Gasteiger partial charge in [-0.3, -0.25) is 9.88 Å². The highest BCUT2D eigenvalue weighted by atomic mass is 16.6. The van der Waals surface area contributed by atoms with Crippen molar-refractivity contribution in [1.82, 2.24) is 35.0 Å². The van der Waals surface area contributed by atoms with Crippen molar-refractivity contribution in [3.63, 3.8) is 0 Å². The fourth-order valence-electron chi connectivity index (χ4n) is 5.49. The zero-order chi connectivity index (χ0) is 27.5. The number of hydrogen-bond acceptors (Lipinski definition) is 7. The molecule has 1 aliphatic rings. The molecule has 3 heterocycles. The van der Waals surface area contributed by atoms with Gasteiger partial charge in [-0.1, -0.05) is 66.7 Å². The molecule has 0 spiro atoms. The highest BCUT2D eigenvalue weighted by Crippen LogP contribution is 2.34. The van der Waals surface area contributed by atoms with Gasteiger partial charge in [0.2, 0.25) is 0 Å². The number of pyridine rings is 1.